The highest BCUT2D eigenvalue weighted by atomic mass is 16.7. The van der Waals surface area contributed by atoms with Gasteiger partial charge in [0.2, 0.25) is 0 Å². The van der Waals surface area contributed by atoms with Crippen LogP contribution in [0.4, 0.5) is 0 Å². The van der Waals surface area contributed by atoms with E-state index in [1.54, 1.807) is 7.11 Å². The number of rotatable bonds is 8. The van der Waals surface area contributed by atoms with Crippen molar-refractivity contribution in [3.8, 4) is 11.5 Å². The quantitative estimate of drug-likeness (QED) is 0.567. The molecule has 1 aromatic rings. The van der Waals surface area contributed by atoms with E-state index in [9.17, 15) is 0 Å². The Hall–Kier alpha value is -1.26. The molecule has 4 heteroatoms. The second-order valence-electron chi connectivity index (χ2n) is 4.56. The second-order valence-corrected chi connectivity index (χ2v) is 4.56. The van der Waals surface area contributed by atoms with Crippen LogP contribution in [0.2, 0.25) is 0 Å². The summed E-state index contributed by atoms with van der Waals surface area (Å²) in [5.41, 5.74) is 6.66. The third-order valence-corrected chi connectivity index (χ3v) is 3.03. The molecule has 2 N–H and O–H groups in total. The fourth-order valence-electron chi connectivity index (χ4n) is 1.84. The van der Waals surface area contributed by atoms with Crippen LogP contribution in [0.5, 0.6) is 11.5 Å². The lowest BCUT2D eigenvalue weighted by molar-refractivity contribution is 0.00814. The maximum atomic E-state index is 5.69. The molecule has 0 spiro atoms. The monoisotopic (exact) mass is 251 g/mol. The van der Waals surface area contributed by atoms with E-state index in [1.807, 2.05) is 18.2 Å². The van der Waals surface area contributed by atoms with Crippen LogP contribution in [0.3, 0.4) is 0 Å². The molecule has 4 nitrogen and oxygen atoms in total. The highest BCUT2D eigenvalue weighted by Crippen LogP contribution is 2.32. The number of nitrogens with two attached hydrogens (primary N) is 1. The molecule has 0 heterocycles. The lowest BCUT2D eigenvalue weighted by atomic mass is 10.1. The zero-order valence-corrected chi connectivity index (χ0v) is 10.9. The minimum Gasteiger partial charge on any atom is -0.493 e. The summed E-state index contributed by atoms with van der Waals surface area (Å²) in [5, 5.41) is 0. The Labute approximate surface area is 108 Å². The van der Waals surface area contributed by atoms with Gasteiger partial charge < -0.3 is 19.9 Å². The van der Waals surface area contributed by atoms with E-state index in [0.29, 0.717) is 6.54 Å². The summed E-state index contributed by atoms with van der Waals surface area (Å²) in [6, 6.07) is 5.84. The molecule has 0 saturated heterocycles. The third-order valence-electron chi connectivity index (χ3n) is 3.03. The fraction of sp³-hybridized carbons (Fsp3) is 0.571. The molecular weight excluding hydrogens is 230 g/mol. The van der Waals surface area contributed by atoms with Crippen molar-refractivity contribution in [3.05, 3.63) is 23.8 Å². The fourth-order valence-corrected chi connectivity index (χ4v) is 1.84. The molecule has 1 aromatic carbocycles. The van der Waals surface area contributed by atoms with Crippen LogP contribution in [0.1, 0.15) is 18.4 Å². The van der Waals surface area contributed by atoms with Gasteiger partial charge in [-0.1, -0.05) is 12.1 Å². The van der Waals surface area contributed by atoms with Crippen molar-refractivity contribution < 1.29 is 14.2 Å². The van der Waals surface area contributed by atoms with Gasteiger partial charge in [0, 0.05) is 0 Å². The highest BCUT2D eigenvalue weighted by Gasteiger charge is 2.21. The first-order valence-electron chi connectivity index (χ1n) is 6.41. The Morgan fingerprint density at radius 3 is 2.83 bits per heavy atom. The largest absolute Gasteiger partial charge is 0.493 e. The first kappa shape index (κ1) is 13.2. The number of ether oxygens (including phenoxy) is 3. The van der Waals surface area contributed by atoms with Gasteiger partial charge >= 0.3 is 0 Å². The molecule has 1 saturated carbocycles. The van der Waals surface area contributed by atoms with Crippen LogP contribution >= 0.6 is 0 Å². The predicted molar refractivity (Wildman–Crippen MR) is 69.9 cm³/mol. The topological polar surface area (TPSA) is 53.7 Å². The number of para-hydroxylation sites is 1. The third kappa shape index (κ3) is 3.62. The summed E-state index contributed by atoms with van der Waals surface area (Å²) < 4.78 is 16.5. The standard InChI is InChI=1S/C14H21NO3/c1-16-13-4-2-3-12(7-8-15)14(13)18-10-17-9-11-5-6-11/h2-4,11H,5-10,15H2,1H3. The normalized spacial score (nSPS) is 14.6. The molecule has 0 bridgehead atoms. The first-order chi connectivity index (χ1) is 8.85. The van der Waals surface area contributed by atoms with Crippen molar-refractivity contribution >= 4 is 0 Å². The van der Waals surface area contributed by atoms with Gasteiger partial charge in [0.05, 0.1) is 13.7 Å². The van der Waals surface area contributed by atoms with Crippen LogP contribution in [0.15, 0.2) is 18.2 Å². The van der Waals surface area contributed by atoms with E-state index >= 15 is 0 Å². The van der Waals surface area contributed by atoms with E-state index in [-0.39, 0.29) is 6.79 Å². The van der Waals surface area contributed by atoms with Crippen molar-refractivity contribution in [2.45, 2.75) is 19.3 Å². The van der Waals surface area contributed by atoms with Crippen LogP contribution in [0, 0.1) is 5.92 Å². The van der Waals surface area contributed by atoms with Gasteiger partial charge in [0.25, 0.3) is 0 Å². The number of benzene rings is 1. The molecule has 0 aromatic heterocycles. The molecule has 2 rings (SSSR count). The zero-order chi connectivity index (χ0) is 12.8. The SMILES string of the molecule is COc1cccc(CCN)c1OCOCC1CC1. The second kappa shape index (κ2) is 6.61. The Morgan fingerprint density at radius 1 is 1.33 bits per heavy atom. The van der Waals surface area contributed by atoms with E-state index in [2.05, 4.69) is 0 Å². The van der Waals surface area contributed by atoms with E-state index in [1.165, 1.54) is 12.8 Å². The molecule has 1 aliphatic carbocycles. The maximum Gasteiger partial charge on any atom is 0.189 e. The number of hydrogen-bond acceptors (Lipinski definition) is 4. The highest BCUT2D eigenvalue weighted by molar-refractivity contribution is 5.46. The summed E-state index contributed by atoms with van der Waals surface area (Å²) in [7, 11) is 1.64. The van der Waals surface area contributed by atoms with Gasteiger partial charge in [-0.15, -0.1) is 0 Å². The molecule has 0 aliphatic heterocycles. The van der Waals surface area contributed by atoms with Crippen LogP contribution in [-0.4, -0.2) is 27.1 Å². The van der Waals surface area contributed by atoms with E-state index in [4.69, 9.17) is 19.9 Å². The summed E-state index contributed by atoms with van der Waals surface area (Å²) in [4.78, 5) is 0. The summed E-state index contributed by atoms with van der Waals surface area (Å²) in [6.45, 7) is 1.66. The van der Waals surface area contributed by atoms with Crippen LogP contribution in [-0.2, 0) is 11.2 Å². The molecule has 1 fully saturated rings. The minimum absolute atomic E-state index is 0.272. The van der Waals surface area contributed by atoms with Crippen LogP contribution < -0.4 is 15.2 Å². The van der Waals surface area contributed by atoms with Gasteiger partial charge in [-0.25, -0.2) is 0 Å². The lowest BCUT2D eigenvalue weighted by Gasteiger charge is -2.14. The van der Waals surface area contributed by atoms with Crippen LogP contribution in [0.25, 0.3) is 0 Å². The Kier molecular flexibility index (Phi) is 4.84. The van der Waals surface area contributed by atoms with Gasteiger partial charge in [-0.05, 0) is 43.4 Å². The molecule has 0 atom stereocenters. The van der Waals surface area contributed by atoms with Gasteiger partial charge in [0.1, 0.15) is 0 Å². The molecule has 0 amide bonds. The van der Waals surface area contributed by atoms with E-state index in [0.717, 1.165) is 36.0 Å². The van der Waals surface area contributed by atoms with Crippen molar-refractivity contribution in [2.24, 2.45) is 11.7 Å². The number of hydrogen-bond donors (Lipinski definition) is 1. The van der Waals surface area contributed by atoms with Crippen molar-refractivity contribution in [2.75, 3.05) is 27.1 Å². The summed E-state index contributed by atoms with van der Waals surface area (Å²) in [5.74, 6) is 2.23. The van der Waals surface area contributed by atoms with Crippen molar-refractivity contribution in [1.82, 2.24) is 0 Å². The molecule has 100 valence electrons. The minimum atomic E-state index is 0.272. The Balaban J connectivity index is 1.93. The van der Waals surface area contributed by atoms with Crippen molar-refractivity contribution in [1.29, 1.82) is 0 Å². The van der Waals surface area contributed by atoms with Gasteiger partial charge in [-0.3, -0.25) is 0 Å². The Morgan fingerprint density at radius 2 is 2.17 bits per heavy atom. The molecule has 0 radical (unpaired) electrons. The predicted octanol–water partition coefficient (Wildman–Crippen LogP) is 1.96. The smallest absolute Gasteiger partial charge is 0.189 e. The number of methoxy groups -OCH3 is 1. The maximum absolute atomic E-state index is 5.69. The summed E-state index contributed by atoms with van der Waals surface area (Å²) >= 11 is 0. The molecule has 18 heavy (non-hydrogen) atoms. The van der Waals surface area contributed by atoms with Gasteiger partial charge in [-0.2, -0.15) is 0 Å². The molecular formula is C14H21NO3. The first-order valence-corrected chi connectivity index (χ1v) is 6.41. The van der Waals surface area contributed by atoms with E-state index < -0.39 is 0 Å². The Bertz CT molecular complexity index is 377. The average Bonchev–Trinajstić information content (AvgIpc) is 3.20. The van der Waals surface area contributed by atoms with Crippen molar-refractivity contribution in [3.63, 3.8) is 0 Å². The molecule has 1 aliphatic rings. The molecule has 0 unspecified atom stereocenters. The van der Waals surface area contributed by atoms with Gasteiger partial charge in [0.15, 0.2) is 18.3 Å². The summed E-state index contributed by atoms with van der Waals surface area (Å²) in [6.07, 6.45) is 3.34. The zero-order valence-electron chi connectivity index (χ0n) is 10.9. The lowest BCUT2D eigenvalue weighted by Crippen LogP contribution is -2.09. The average molecular weight is 251 g/mol.